The van der Waals surface area contributed by atoms with Crippen LogP contribution in [0.15, 0.2) is 70.4 Å². The maximum absolute atomic E-state index is 12.4. The fourth-order valence-corrected chi connectivity index (χ4v) is 3.46. The molecule has 1 aromatic heterocycles. The molecule has 0 radical (unpaired) electrons. The van der Waals surface area contributed by atoms with Gasteiger partial charge in [-0.05, 0) is 70.0 Å². The molecule has 0 unspecified atom stereocenters. The van der Waals surface area contributed by atoms with E-state index in [0.717, 1.165) is 33.1 Å². The molecule has 0 aliphatic carbocycles. The van der Waals surface area contributed by atoms with Gasteiger partial charge in [-0.3, -0.25) is 14.8 Å². The van der Waals surface area contributed by atoms with E-state index in [-0.39, 0.29) is 14.8 Å². The fourth-order valence-electron chi connectivity index (χ4n) is 2.69. The number of nitrogens with zero attached hydrogens (tertiary/aromatic N) is 2. The quantitative estimate of drug-likeness (QED) is 0.454. The highest BCUT2D eigenvalue weighted by molar-refractivity contribution is 7.14. The third kappa shape index (κ3) is 7.12. The SMILES string of the molecule is C=C(C)C(C=NCC)=N/C=C(\C)N[C@@H](C)c1cccc(NC(=O)c2ccc(C)s2)c1.[HH].[HH]. The van der Waals surface area contributed by atoms with E-state index in [9.17, 15) is 4.79 Å². The van der Waals surface area contributed by atoms with Gasteiger partial charge in [0.05, 0.1) is 10.6 Å². The number of nitrogens with one attached hydrogen (secondary N) is 2. The number of hydrogen-bond donors (Lipinski definition) is 2. The topological polar surface area (TPSA) is 65.8 Å². The molecule has 0 spiro atoms. The Bertz CT molecular complexity index is 995. The lowest BCUT2D eigenvalue weighted by Gasteiger charge is -2.17. The molecule has 0 aliphatic heterocycles. The molecule has 1 atom stereocenters. The van der Waals surface area contributed by atoms with Gasteiger partial charge in [0.25, 0.3) is 5.91 Å². The summed E-state index contributed by atoms with van der Waals surface area (Å²) in [6.45, 7) is 14.6. The third-order valence-corrected chi connectivity index (χ3v) is 5.28. The normalized spacial score (nSPS) is 13.4. The van der Waals surface area contributed by atoms with Gasteiger partial charge in [0.1, 0.15) is 0 Å². The molecule has 0 saturated heterocycles. The molecule has 0 aliphatic rings. The predicted octanol–water partition coefficient (Wildman–Crippen LogP) is 6.42. The predicted molar refractivity (Wildman–Crippen MR) is 134 cm³/mol. The Hall–Kier alpha value is -2.99. The minimum Gasteiger partial charge on any atom is -0.381 e. The van der Waals surface area contributed by atoms with Gasteiger partial charge in [0.2, 0.25) is 0 Å². The van der Waals surface area contributed by atoms with Crippen molar-refractivity contribution in [3.63, 3.8) is 0 Å². The summed E-state index contributed by atoms with van der Waals surface area (Å²) < 4.78 is 0. The molecule has 1 aromatic carbocycles. The van der Waals surface area contributed by atoms with Crippen molar-refractivity contribution in [1.29, 1.82) is 0 Å². The van der Waals surface area contributed by atoms with Gasteiger partial charge in [0, 0.05) is 44.1 Å². The molecule has 2 N–H and O–H groups in total. The van der Waals surface area contributed by atoms with Crippen molar-refractivity contribution in [3.05, 3.63) is 75.8 Å². The first-order chi connectivity index (χ1) is 14.3. The average molecular weight is 427 g/mol. The molecular formula is C24H34N4OS. The van der Waals surface area contributed by atoms with Crippen LogP contribution in [0, 0.1) is 6.92 Å². The van der Waals surface area contributed by atoms with Crippen molar-refractivity contribution < 1.29 is 7.65 Å². The summed E-state index contributed by atoms with van der Waals surface area (Å²) >= 11 is 1.49. The lowest BCUT2D eigenvalue weighted by molar-refractivity contribution is 0.103. The molecule has 6 heteroatoms. The van der Waals surface area contributed by atoms with Gasteiger partial charge in [-0.25, -0.2) is 0 Å². The van der Waals surface area contributed by atoms with E-state index in [0.29, 0.717) is 11.4 Å². The first-order valence-corrected chi connectivity index (χ1v) is 10.8. The maximum atomic E-state index is 12.4. The van der Waals surface area contributed by atoms with E-state index in [1.807, 2.05) is 64.1 Å². The molecule has 0 saturated carbocycles. The molecule has 30 heavy (non-hydrogen) atoms. The Labute approximate surface area is 186 Å². The zero-order chi connectivity index (χ0) is 22.1. The number of carbonyl (C=O) groups excluding carboxylic acids is 1. The van der Waals surface area contributed by atoms with Crippen molar-refractivity contribution in [2.75, 3.05) is 11.9 Å². The Morgan fingerprint density at radius 1 is 1.30 bits per heavy atom. The van der Waals surface area contributed by atoms with Crippen molar-refractivity contribution >= 4 is 34.9 Å². The second kappa shape index (κ2) is 11.3. The molecule has 0 fully saturated rings. The van der Waals surface area contributed by atoms with Crippen LogP contribution in [0.4, 0.5) is 5.69 Å². The third-order valence-electron chi connectivity index (χ3n) is 4.28. The summed E-state index contributed by atoms with van der Waals surface area (Å²) in [5.74, 6) is -0.0858. The molecule has 2 rings (SSSR count). The summed E-state index contributed by atoms with van der Waals surface area (Å²) in [6, 6.07) is 11.7. The molecular weight excluding hydrogens is 392 g/mol. The Morgan fingerprint density at radius 3 is 2.70 bits per heavy atom. The highest BCUT2D eigenvalue weighted by Crippen LogP contribution is 2.21. The summed E-state index contributed by atoms with van der Waals surface area (Å²) in [4.78, 5) is 23.0. The number of aryl methyl sites for hydroxylation is 1. The summed E-state index contributed by atoms with van der Waals surface area (Å²) in [5.41, 5.74) is 4.40. The largest absolute Gasteiger partial charge is 0.381 e. The summed E-state index contributed by atoms with van der Waals surface area (Å²) in [7, 11) is 0. The van der Waals surface area contributed by atoms with Crippen molar-refractivity contribution in [2.45, 2.75) is 40.7 Å². The van der Waals surface area contributed by atoms with Crippen molar-refractivity contribution in [3.8, 4) is 0 Å². The smallest absolute Gasteiger partial charge is 0.265 e. The number of thiophene rings is 1. The van der Waals surface area contributed by atoms with Crippen LogP contribution in [0.5, 0.6) is 0 Å². The minimum atomic E-state index is -0.0858. The summed E-state index contributed by atoms with van der Waals surface area (Å²) in [5, 5.41) is 6.41. The van der Waals surface area contributed by atoms with Crippen LogP contribution in [-0.4, -0.2) is 24.4 Å². The molecule has 0 bridgehead atoms. The van der Waals surface area contributed by atoms with Gasteiger partial charge in [0.15, 0.2) is 0 Å². The zero-order valence-electron chi connectivity index (χ0n) is 18.3. The van der Waals surface area contributed by atoms with Crippen LogP contribution in [0.2, 0.25) is 0 Å². The first kappa shape index (κ1) is 23.3. The van der Waals surface area contributed by atoms with E-state index < -0.39 is 0 Å². The lowest BCUT2D eigenvalue weighted by atomic mass is 10.1. The van der Waals surface area contributed by atoms with Gasteiger partial charge in [-0.1, -0.05) is 18.7 Å². The van der Waals surface area contributed by atoms with E-state index in [4.69, 9.17) is 0 Å². The number of allylic oxidation sites excluding steroid dienone is 2. The first-order valence-electron chi connectivity index (χ1n) is 9.94. The Morgan fingerprint density at radius 2 is 2.07 bits per heavy atom. The average Bonchev–Trinajstić information content (AvgIpc) is 3.14. The molecule has 5 nitrogen and oxygen atoms in total. The van der Waals surface area contributed by atoms with Crippen LogP contribution in [0.3, 0.4) is 0 Å². The minimum absolute atomic E-state index is 0. The monoisotopic (exact) mass is 426 g/mol. The molecule has 2 aromatic rings. The van der Waals surface area contributed by atoms with E-state index in [1.54, 1.807) is 12.4 Å². The highest BCUT2D eigenvalue weighted by Gasteiger charge is 2.10. The van der Waals surface area contributed by atoms with E-state index >= 15 is 0 Å². The number of aliphatic imine (C=N–C) groups is 2. The van der Waals surface area contributed by atoms with Crippen LogP contribution in [0.1, 0.15) is 56.7 Å². The highest BCUT2D eigenvalue weighted by atomic mass is 32.1. The number of anilines is 1. The zero-order valence-corrected chi connectivity index (χ0v) is 19.1. The van der Waals surface area contributed by atoms with E-state index in [1.165, 1.54) is 11.3 Å². The fraction of sp³-hybridized carbons (Fsp3) is 0.292. The van der Waals surface area contributed by atoms with Gasteiger partial charge >= 0.3 is 0 Å². The molecule has 1 heterocycles. The standard InChI is InChI=1S/C24H30N4OS.2H2/c1-7-25-15-22(16(2)3)26-14-17(4)27-19(6)20-9-8-10-21(13-20)28-24(29)23-12-11-18(5)30-23;;/h8-15,19,27H,2,7H2,1,3-6H3,(H,28,29);2*1H/b17-14+,25-15?,26-22?;;/t19-;;/m0../s1. The van der Waals surface area contributed by atoms with Crippen LogP contribution in [0.25, 0.3) is 0 Å². The van der Waals surface area contributed by atoms with E-state index in [2.05, 4.69) is 34.1 Å². The second-order valence-electron chi connectivity index (χ2n) is 7.09. The lowest BCUT2D eigenvalue weighted by Crippen LogP contribution is -2.17. The van der Waals surface area contributed by atoms with Crippen molar-refractivity contribution in [2.24, 2.45) is 9.98 Å². The number of rotatable bonds is 9. The van der Waals surface area contributed by atoms with Gasteiger partial charge < -0.3 is 10.6 Å². The van der Waals surface area contributed by atoms with Crippen molar-refractivity contribution in [1.82, 2.24) is 5.32 Å². The number of hydrogen-bond acceptors (Lipinski definition) is 5. The number of carbonyl (C=O) groups is 1. The molecule has 162 valence electrons. The van der Waals surface area contributed by atoms with Gasteiger partial charge in [-0.2, -0.15) is 0 Å². The number of amides is 1. The Kier molecular flexibility index (Phi) is 8.74. The van der Waals surface area contributed by atoms with Gasteiger partial charge in [-0.15, -0.1) is 11.3 Å². The van der Waals surface area contributed by atoms with Crippen LogP contribution >= 0.6 is 11.3 Å². The van der Waals surface area contributed by atoms with Crippen LogP contribution < -0.4 is 10.6 Å². The maximum Gasteiger partial charge on any atom is 0.265 e. The number of benzene rings is 1. The molecule has 1 amide bonds. The van der Waals surface area contributed by atoms with Crippen LogP contribution in [-0.2, 0) is 0 Å². The Balaban J connectivity index is 0.00000480. The second-order valence-corrected chi connectivity index (χ2v) is 8.38. The summed E-state index contributed by atoms with van der Waals surface area (Å²) in [6.07, 6.45) is 3.53.